The molecule has 1 aliphatic heterocycles. The third kappa shape index (κ3) is 3.72. The summed E-state index contributed by atoms with van der Waals surface area (Å²) in [6.07, 6.45) is 0.222. The van der Waals surface area contributed by atoms with Gasteiger partial charge in [0.15, 0.2) is 0 Å². The molecule has 1 N–H and O–H groups in total. The van der Waals surface area contributed by atoms with E-state index >= 15 is 0 Å². The zero-order valence-electron chi connectivity index (χ0n) is 21.0. The Morgan fingerprint density at radius 1 is 0.718 bits per heavy atom. The van der Waals surface area contributed by atoms with Gasteiger partial charge in [-0.15, -0.1) is 0 Å². The summed E-state index contributed by atoms with van der Waals surface area (Å²) < 4.78 is 0. The van der Waals surface area contributed by atoms with Crippen LogP contribution in [0.1, 0.15) is 39.7 Å². The largest absolute Gasteiger partial charge is 0.324 e. The second kappa shape index (κ2) is 9.21. The van der Waals surface area contributed by atoms with Gasteiger partial charge in [0.25, 0.3) is 0 Å². The monoisotopic (exact) mass is 532 g/mol. The van der Waals surface area contributed by atoms with Crippen LogP contribution in [-0.4, -0.2) is 28.7 Å². The van der Waals surface area contributed by atoms with E-state index in [9.17, 15) is 14.4 Å². The second-order valence-corrected chi connectivity index (χ2v) is 11.0. The standard InChI is InChI=1S/C33H25ClN2O3/c34-20-11-8-12-21(18-20)35-31(37)26(17-19-9-2-1-3-10-19)36-32(38)29-27-22-13-4-5-14-23(22)28(30(29)33(36)39)25-16-7-6-15-24(25)27/h1-16,18,26-30H,17H2,(H,35,37). The Kier molecular flexibility index (Phi) is 5.64. The number of anilines is 1. The molecule has 4 aromatic rings. The molecule has 0 saturated carbocycles. The van der Waals surface area contributed by atoms with Crippen molar-refractivity contribution in [3.63, 3.8) is 0 Å². The Bertz CT molecular complexity index is 1520. The Morgan fingerprint density at radius 2 is 1.23 bits per heavy atom. The minimum atomic E-state index is -0.998. The van der Waals surface area contributed by atoms with Gasteiger partial charge in [-0.05, 0) is 46.0 Å². The molecule has 5 nitrogen and oxygen atoms in total. The maximum atomic E-state index is 14.3. The Labute approximate surface area is 231 Å². The highest BCUT2D eigenvalue weighted by Crippen LogP contribution is 2.61. The molecule has 8 rings (SSSR count). The van der Waals surface area contributed by atoms with Gasteiger partial charge in [-0.3, -0.25) is 19.3 Å². The maximum Gasteiger partial charge on any atom is 0.248 e. The Balaban J connectivity index is 1.31. The van der Waals surface area contributed by atoms with Crippen LogP contribution in [0.15, 0.2) is 103 Å². The number of hydrogen-bond acceptors (Lipinski definition) is 3. The van der Waals surface area contributed by atoms with Crippen molar-refractivity contribution in [1.29, 1.82) is 0 Å². The number of nitrogens with one attached hydrogen (secondary N) is 1. The van der Waals surface area contributed by atoms with E-state index in [2.05, 4.69) is 29.6 Å². The predicted octanol–water partition coefficient (Wildman–Crippen LogP) is 5.78. The summed E-state index contributed by atoms with van der Waals surface area (Å²) in [5.41, 5.74) is 5.81. The van der Waals surface area contributed by atoms with Gasteiger partial charge >= 0.3 is 0 Å². The fraction of sp³-hybridized carbons (Fsp3) is 0.182. The third-order valence-electron chi connectivity index (χ3n) is 8.46. The normalized spacial score (nSPS) is 23.2. The predicted molar refractivity (Wildman–Crippen MR) is 149 cm³/mol. The quantitative estimate of drug-likeness (QED) is 0.331. The van der Waals surface area contributed by atoms with Crippen LogP contribution in [0.4, 0.5) is 5.69 Å². The molecule has 4 aromatic carbocycles. The van der Waals surface area contributed by atoms with Gasteiger partial charge in [0.05, 0.1) is 11.8 Å². The number of hydrogen-bond donors (Lipinski definition) is 1. The molecule has 1 fully saturated rings. The molecule has 192 valence electrons. The lowest BCUT2D eigenvalue weighted by Crippen LogP contribution is -2.49. The number of benzene rings is 4. The van der Waals surface area contributed by atoms with Gasteiger partial charge < -0.3 is 5.32 Å². The highest BCUT2D eigenvalue weighted by molar-refractivity contribution is 6.31. The van der Waals surface area contributed by atoms with Crippen LogP contribution in [0.3, 0.4) is 0 Å². The lowest BCUT2D eigenvalue weighted by atomic mass is 9.55. The fourth-order valence-electron chi connectivity index (χ4n) is 6.94. The zero-order valence-corrected chi connectivity index (χ0v) is 21.7. The van der Waals surface area contributed by atoms with Crippen molar-refractivity contribution in [2.75, 3.05) is 5.32 Å². The first kappa shape index (κ1) is 23.9. The van der Waals surface area contributed by atoms with E-state index in [-0.39, 0.29) is 30.1 Å². The van der Waals surface area contributed by atoms with Crippen LogP contribution in [-0.2, 0) is 20.8 Å². The van der Waals surface area contributed by atoms with E-state index in [1.54, 1.807) is 24.3 Å². The van der Waals surface area contributed by atoms with Gasteiger partial charge in [-0.1, -0.05) is 96.5 Å². The summed E-state index contributed by atoms with van der Waals surface area (Å²) in [4.78, 5) is 43.7. The molecular weight excluding hydrogens is 508 g/mol. The summed E-state index contributed by atoms with van der Waals surface area (Å²) in [6, 6.07) is 31.6. The molecule has 3 atom stereocenters. The van der Waals surface area contributed by atoms with Crippen LogP contribution in [0.5, 0.6) is 0 Å². The molecule has 3 aliphatic carbocycles. The minimum Gasteiger partial charge on any atom is -0.324 e. The number of nitrogens with zero attached hydrogens (tertiary/aromatic N) is 1. The second-order valence-electron chi connectivity index (χ2n) is 10.5. The molecule has 1 saturated heterocycles. The summed E-state index contributed by atoms with van der Waals surface area (Å²) in [6.45, 7) is 0. The minimum absolute atomic E-state index is 0.220. The molecule has 39 heavy (non-hydrogen) atoms. The molecule has 1 heterocycles. The Hall–Kier alpha value is -4.22. The van der Waals surface area contributed by atoms with E-state index in [0.29, 0.717) is 10.7 Å². The van der Waals surface area contributed by atoms with Crippen LogP contribution in [0.2, 0.25) is 5.02 Å². The average Bonchev–Trinajstić information content (AvgIpc) is 3.22. The third-order valence-corrected chi connectivity index (χ3v) is 8.70. The molecule has 0 spiro atoms. The van der Waals surface area contributed by atoms with Crippen molar-refractivity contribution in [2.45, 2.75) is 24.3 Å². The number of carbonyl (C=O) groups is 3. The summed E-state index contributed by atoms with van der Waals surface area (Å²) >= 11 is 6.15. The van der Waals surface area contributed by atoms with Gasteiger partial charge in [-0.2, -0.15) is 0 Å². The number of halogens is 1. The number of rotatable bonds is 5. The lowest BCUT2D eigenvalue weighted by Gasteiger charge is -2.45. The van der Waals surface area contributed by atoms with E-state index in [1.165, 1.54) is 4.90 Å². The van der Waals surface area contributed by atoms with Gasteiger partial charge in [0.1, 0.15) is 6.04 Å². The SMILES string of the molecule is O=C(Nc1cccc(Cl)c1)C(Cc1ccccc1)N1C(=O)C2C3c4ccccc4C(c4ccccc43)C2C1=O. The van der Waals surface area contributed by atoms with Crippen molar-refractivity contribution in [2.24, 2.45) is 11.8 Å². The highest BCUT2D eigenvalue weighted by atomic mass is 35.5. The molecular formula is C33H25ClN2O3. The van der Waals surface area contributed by atoms with Crippen molar-refractivity contribution in [3.8, 4) is 0 Å². The molecule has 2 bridgehead atoms. The van der Waals surface area contributed by atoms with Crippen LogP contribution in [0.25, 0.3) is 0 Å². The van der Waals surface area contributed by atoms with Crippen LogP contribution < -0.4 is 5.32 Å². The summed E-state index contributed by atoms with van der Waals surface area (Å²) in [5, 5.41) is 3.39. The first-order chi connectivity index (χ1) is 19.0. The van der Waals surface area contributed by atoms with E-state index in [0.717, 1.165) is 27.8 Å². The summed E-state index contributed by atoms with van der Waals surface area (Å²) in [5.74, 6) is -2.47. The number of amides is 3. The Morgan fingerprint density at radius 3 is 1.74 bits per heavy atom. The number of imide groups is 1. The van der Waals surface area contributed by atoms with Gasteiger partial charge in [-0.25, -0.2) is 0 Å². The van der Waals surface area contributed by atoms with Crippen LogP contribution in [0, 0.1) is 11.8 Å². The van der Waals surface area contributed by atoms with E-state index in [4.69, 9.17) is 11.6 Å². The molecule has 0 radical (unpaired) electrons. The van der Waals surface area contributed by atoms with E-state index < -0.39 is 23.8 Å². The van der Waals surface area contributed by atoms with Crippen molar-refractivity contribution < 1.29 is 14.4 Å². The highest BCUT2D eigenvalue weighted by Gasteiger charge is 2.63. The molecule has 3 unspecified atom stereocenters. The fourth-order valence-corrected chi connectivity index (χ4v) is 7.13. The number of carbonyl (C=O) groups excluding carboxylic acids is 3. The topological polar surface area (TPSA) is 66.5 Å². The van der Waals surface area contributed by atoms with Crippen molar-refractivity contribution in [1.82, 2.24) is 4.90 Å². The van der Waals surface area contributed by atoms with Crippen molar-refractivity contribution in [3.05, 3.63) is 136 Å². The van der Waals surface area contributed by atoms with Gasteiger partial charge in [0.2, 0.25) is 17.7 Å². The first-order valence-corrected chi connectivity index (χ1v) is 13.6. The van der Waals surface area contributed by atoms with Crippen LogP contribution >= 0.6 is 11.6 Å². The van der Waals surface area contributed by atoms with Crippen molar-refractivity contribution >= 4 is 35.0 Å². The molecule has 6 heteroatoms. The lowest BCUT2D eigenvalue weighted by molar-refractivity contribution is -0.146. The number of likely N-dealkylation sites (tertiary alicyclic amines) is 1. The average molecular weight is 533 g/mol. The zero-order chi connectivity index (χ0) is 26.7. The first-order valence-electron chi connectivity index (χ1n) is 13.2. The molecule has 3 amide bonds. The molecule has 0 aromatic heterocycles. The summed E-state index contributed by atoms with van der Waals surface area (Å²) in [7, 11) is 0. The maximum absolute atomic E-state index is 14.3. The smallest absolute Gasteiger partial charge is 0.248 e. The van der Waals surface area contributed by atoms with E-state index in [1.807, 2.05) is 54.6 Å². The molecule has 4 aliphatic rings. The van der Waals surface area contributed by atoms with Gasteiger partial charge in [0, 0.05) is 29.0 Å².